The first-order valence-corrected chi connectivity index (χ1v) is 7.04. The molecule has 112 valence electrons. The Morgan fingerprint density at radius 1 is 1.43 bits per heavy atom. The molecule has 21 heavy (non-hydrogen) atoms. The van der Waals surface area contributed by atoms with Gasteiger partial charge in [-0.25, -0.2) is 4.68 Å². The standard InChI is InChI=1S/C14H17ClN4O2/c1-10(2)8-16-9-11-5-6-18(17-11)14-4-3-12(19(20)21)7-13(14)15/h3-7,10,16H,8-9H2,1-2H3. The quantitative estimate of drug-likeness (QED) is 0.657. The van der Waals surface area contributed by atoms with Crippen molar-refractivity contribution in [2.24, 2.45) is 5.92 Å². The molecule has 0 spiro atoms. The Kier molecular flexibility index (Phi) is 4.93. The third kappa shape index (κ3) is 4.03. The van der Waals surface area contributed by atoms with E-state index in [2.05, 4.69) is 24.3 Å². The van der Waals surface area contributed by atoms with E-state index in [9.17, 15) is 10.1 Å². The summed E-state index contributed by atoms with van der Waals surface area (Å²) in [4.78, 5) is 10.2. The molecule has 0 amide bonds. The highest BCUT2D eigenvalue weighted by Crippen LogP contribution is 2.25. The van der Waals surface area contributed by atoms with Gasteiger partial charge in [0.2, 0.25) is 0 Å². The molecule has 1 N–H and O–H groups in total. The van der Waals surface area contributed by atoms with E-state index >= 15 is 0 Å². The number of hydrogen-bond acceptors (Lipinski definition) is 4. The first-order valence-electron chi connectivity index (χ1n) is 6.67. The van der Waals surface area contributed by atoms with Crippen LogP contribution in [0.3, 0.4) is 0 Å². The third-order valence-electron chi connectivity index (χ3n) is 2.89. The molecule has 0 saturated heterocycles. The predicted octanol–water partition coefficient (Wildman–Crippen LogP) is 3.18. The smallest absolute Gasteiger partial charge is 0.271 e. The van der Waals surface area contributed by atoms with E-state index in [4.69, 9.17) is 11.6 Å². The molecule has 0 unspecified atom stereocenters. The summed E-state index contributed by atoms with van der Waals surface area (Å²) in [5.41, 5.74) is 1.48. The van der Waals surface area contributed by atoms with Crippen LogP contribution in [-0.2, 0) is 6.54 Å². The van der Waals surface area contributed by atoms with Gasteiger partial charge in [0.05, 0.1) is 21.3 Å². The third-order valence-corrected chi connectivity index (χ3v) is 3.19. The highest BCUT2D eigenvalue weighted by molar-refractivity contribution is 6.32. The van der Waals surface area contributed by atoms with Crippen LogP contribution in [0.5, 0.6) is 0 Å². The van der Waals surface area contributed by atoms with Gasteiger partial charge in [0.1, 0.15) is 0 Å². The number of nitrogens with zero attached hydrogens (tertiary/aromatic N) is 3. The molecule has 0 aliphatic carbocycles. The van der Waals surface area contributed by atoms with Crippen molar-refractivity contribution in [2.75, 3.05) is 6.54 Å². The number of nitro benzene ring substituents is 1. The summed E-state index contributed by atoms with van der Waals surface area (Å²) in [6, 6.07) is 6.23. The maximum Gasteiger partial charge on any atom is 0.271 e. The van der Waals surface area contributed by atoms with Crippen LogP contribution in [0.15, 0.2) is 30.5 Å². The molecule has 0 atom stereocenters. The lowest BCUT2D eigenvalue weighted by Crippen LogP contribution is -2.19. The molecule has 1 heterocycles. The largest absolute Gasteiger partial charge is 0.311 e. The number of hydrogen-bond donors (Lipinski definition) is 1. The first kappa shape index (κ1) is 15.5. The summed E-state index contributed by atoms with van der Waals surface area (Å²) >= 11 is 6.08. The van der Waals surface area contributed by atoms with Crippen molar-refractivity contribution in [1.29, 1.82) is 0 Å². The van der Waals surface area contributed by atoms with Gasteiger partial charge in [-0.1, -0.05) is 25.4 Å². The molecular weight excluding hydrogens is 292 g/mol. The van der Waals surface area contributed by atoms with Crippen molar-refractivity contribution >= 4 is 17.3 Å². The molecule has 1 aromatic carbocycles. The molecule has 0 aliphatic rings. The van der Waals surface area contributed by atoms with Crippen molar-refractivity contribution < 1.29 is 4.92 Å². The van der Waals surface area contributed by atoms with Crippen LogP contribution in [0.2, 0.25) is 5.02 Å². The zero-order valence-corrected chi connectivity index (χ0v) is 12.7. The van der Waals surface area contributed by atoms with E-state index in [1.165, 1.54) is 12.1 Å². The van der Waals surface area contributed by atoms with E-state index in [1.54, 1.807) is 16.9 Å². The Hall–Kier alpha value is -1.92. The Bertz CT molecular complexity index is 640. The van der Waals surface area contributed by atoms with Gasteiger partial charge in [0.15, 0.2) is 0 Å². The fraction of sp³-hybridized carbons (Fsp3) is 0.357. The summed E-state index contributed by atoms with van der Waals surface area (Å²) in [6.07, 6.45) is 1.79. The number of nitro groups is 1. The summed E-state index contributed by atoms with van der Waals surface area (Å²) in [5.74, 6) is 0.580. The molecule has 0 radical (unpaired) electrons. The van der Waals surface area contributed by atoms with E-state index in [-0.39, 0.29) is 5.69 Å². The first-order chi connectivity index (χ1) is 9.97. The highest BCUT2D eigenvalue weighted by atomic mass is 35.5. The van der Waals surface area contributed by atoms with Gasteiger partial charge in [0.25, 0.3) is 5.69 Å². The van der Waals surface area contributed by atoms with E-state index in [0.29, 0.717) is 23.2 Å². The monoisotopic (exact) mass is 308 g/mol. The van der Waals surface area contributed by atoms with Crippen molar-refractivity contribution in [3.05, 3.63) is 51.3 Å². The lowest BCUT2D eigenvalue weighted by molar-refractivity contribution is -0.384. The van der Waals surface area contributed by atoms with Crippen LogP contribution in [0.25, 0.3) is 5.69 Å². The number of rotatable bonds is 6. The van der Waals surface area contributed by atoms with Crippen molar-refractivity contribution in [3.8, 4) is 5.69 Å². The molecule has 0 bridgehead atoms. The maximum atomic E-state index is 10.7. The molecule has 6 nitrogen and oxygen atoms in total. The summed E-state index contributed by atoms with van der Waals surface area (Å²) in [7, 11) is 0. The number of halogens is 1. The SMILES string of the molecule is CC(C)CNCc1ccn(-c2ccc([N+](=O)[O-])cc2Cl)n1. The van der Waals surface area contributed by atoms with Crippen LogP contribution in [0.4, 0.5) is 5.69 Å². The molecule has 2 rings (SSSR count). The van der Waals surface area contributed by atoms with Crippen molar-refractivity contribution in [3.63, 3.8) is 0 Å². The molecular formula is C14H17ClN4O2. The normalized spacial score (nSPS) is 11.0. The predicted molar refractivity (Wildman–Crippen MR) is 81.8 cm³/mol. The number of nitrogens with one attached hydrogen (secondary N) is 1. The minimum Gasteiger partial charge on any atom is -0.311 e. The number of aromatic nitrogens is 2. The van der Waals surface area contributed by atoms with Gasteiger partial charge in [-0.15, -0.1) is 0 Å². The Morgan fingerprint density at radius 3 is 2.81 bits per heavy atom. The molecule has 1 aromatic heterocycles. The summed E-state index contributed by atoms with van der Waals surface area (Å²) in [6.45, 7) is 5.88. The highest BCUT2D eigenvalue weighted by Gasteiger charge is 2.11. The number of benzene rings is 1. The topological polar surface area (TPSA) is 73.0 Å². The zero-order chi connectivity index (χ0) is 15.4. The van der Waals surface area contributed by atoms with Crippen molar-refractivity contribution in [1.82, 2.24) is 15.1 Å². The Labute approximate surface area is 127 Å². The molecule has 0 aliphatic heterocycles. The van der Waals surface area contributed by atoms with Gasteiger partial charge in [0, 0.05) is 24.9 Å². The average Bonchev–Trinajstić information content (AvgIpc) is 2.86. The van der Waals surface area contributed by atoms with Crippen LogP contribution >= 0.6 is 11.6 Å². The molecule has 7 heteroatoms. The Balaban J connectivity index is 2.12. The molecule has 2 aromatic rings. The van der Waals surface area contributed by atoms with E-state index in [1.807, 2.05) is 6.07 Å². The zero-order valence-electron chi connectivity index (χ0n) is 11.9. The van der Waals surface area contributed by atoms with Crippen LogP contribution < -0.4 is 5.32 Å². The lowest BCUT2D eigenvalue weighted by Gasteiger charge is -2.06. The fourth-order valence-corrected chi connectivity index (χ4v) is 2.14. The van der Waals surface area contributed by atoms with E-state index < -0.39 is 4.92 Å². The second-order valence-electron chi connectivity index (χ2n) is 5.17. The maximum absolute atomic E-state index is 10.7. The summed E-state index contributed by atoms with van der Waals surface area (Å²) in [5, 5.41) is 18.7. The second-order valence-corrected chi connectivity index (χ2v) is 5.58. The second kappa shape index (κ2) is 6.69. The minimum absolute atomic E-state index is 0.0327. The van der Waals surface area contributed by atoms with Crippen LogP contribution in [-0.4, -0.2) is 21.2 Å². The number of non-ortho nitro benzene ring substituents is 1. The van der Waals surface area contributed by atoms with Gasteiger partial charge < -0.3 is 5.32 Å². The lowest BCUT2D eigenvalue weighted by atomic mass is 10.2. The molecule has 0 saturated carbocycles. The minimum atomic E-state index is -0.472. The van der Waals surface area contributed by atoms with Gasteiger partial charge in [-0.2, -0.15) is 5.10 Å². The average molecular weight is 309 g/mol. The van der Waals surface area contributed by atoms with Gasteiger partial charge in [-0.05, 0) is 24.6 Å². The van der Waals surface area contributed by atoms with E-state index in [0.717, 1.165) is 12.2 Å². The Morgan fingerprint density at radius 2 is 2.19 bits per heavy atom. The summed E-state index contributed by atoms with van der Waals surface area (Å²) < 4.78 is 1.62. The van der Waals surface area contributed by atoms with Gasteiger partial charge in [-0.3, -0.25) is 10.1 Å². The fourth-order valence-electron chi connectivity index (χ4n) is 1.87. The van der Waals surface area contributed by atoms with Crippen LogP contribution in [0, 0.1) is 16.0 Å². The molecule has 0 fully saturated rings. The van der Waals surface area contributed by atoms with Crippen LogP contribution in [0.1, 0.15) is 19.5 Å². The van der Waals surface area contributed by atoms with Gasteiger partial charge >= 0.3 is 0 Å². The van der Waals surface area contributed by atoms with Crippen molar-refractivity contribution in [2.45, 2.75) is 20.4 Å².